The van der Waals surface area contributed by atoms with Crippen molar-refractivity contribution in [3.63, 3.8) is 0 Å². The Morgan fingerprint density at radius 1 is 0.676 bits per heavy atom. The monoisotopic (exact) mass is 475 g/mol. The predicted octanol–water partition coefficient (Wildman–Crippen LogP) is 9.51. The summed E-state index contributed by atoms with van der Waals surface area (Å²) in [7, 11) is 0. The normalized spacial score (nSPS) is 11.6. The molecule has 0 aliphatic carbocycles. The summed E-state index contributed by atoms with van der Waals surface area (Å²) in [5, 5.41) is 12.7. The lowest BCUT2D eigenvalue weighted by molar-refractivity contribution is -0.139. The predicted molar refractivity (Wildman–Crippen MR) is 150 cm³/mol. The molecule has 3 heteroatoms. The molecule has 0 saturated carbocycles. The van der Waals surface area contributed by atoms with Gasteiger partial charge >= 0.3 is 5.97 Å². The molecule has 3 nitrogen and oxygen atoms in total. The third-order valence-electron chi connectivity index (χ3n) is 6.55. The summed E-state index contributed by atoms with van der Waals surface area (Å²) in [4.78, 5) is 11.5. The Morgan fingerprint density at radius 3 is 1.56 bits per heavy atom. The maximum Gasteiger partial charge on any atom is 0.310 e. The van der Waals surface area contributed by atoms with Crippen LogP contribution >= 0.6 is 0 Å². The summed E-state index contributed by atoms with van der Waals surface area (Å²) in [6.07, 6.45) is 23.5. The van der Waals surface area contributed by atoms with Crippen LogP contribution < -0.4 is 5.32 Å². The van der Waals surface area contributed by atoms with Crippen LogP contribution in [0.5, 0.6) is 0 Å². The molecule has 1 unspecified atom stereocenters. The number of rotatable bonds is 22. The maximum atomic E-state index is 11.5. The van der Waals surface area contributed by atoms with Crippen molar-refractivity contribution in [2.45, 2.75) is 142 Å². The van der Waals surface area contributed by atoms with Crippen LogP contribution in [0.3, 0.4) is 0 Å². The first kappa shape index (κ1) is 32.7. The average Bonchev–Trinajstić information content (AvgIpc) is 2.85. The number of carboxylic acid groups (broad SMARTS) is 1. The molecule has 0 radical (unpaired) electrons. The number of benzene rings is 1. The lowest BCUT2D eigenvalue weighted by Crippen LogP contribution is -2.13. The second kappa shape index (κ2) is 26.3. The van der Waals surface area contributed by atoms with Gasteiger partial charge in [-0.1, -0.05) is 154 Å². The molecule has 0 saturated heterocycles. The molecule has 0 bridgehead atoms. The van der Waals surface area contributed by atoms with Crippen molar-refractivity contribution in [1.82, 2.24) is 5.32 Å². The Bertz CT molecular complexity index is 525. The summed E-state index contributed by atoms with van der Waals surface area (Å²) >= 11 is 0. The molecule has 0 aliphatic rings. The Balaban J connectivity index is 0.00000116. The highest BCUT2D eigenvalue weighted by atomic mass is 16.4. The Kier molecular flexibility index (Phi) is 25.2. The van der Waals surface area contributed by atoms with E-state index in [9.17, 15) is 9.90 Å². The van der Waals surface area contributed by atoms with E-state index in [-0.39, 0.29) is 5.92 Å². The van der Waals surface area contributed by atoms with E-state index < -0.39 is 5.97 Å². The standard InChI is InChI=1S/C24H40O2.C7H17N/c1-2-3-4-5-6-7-8-9-10-11-12-13-14-18-21-23(24(25)26)22-19-16-15-17-20-22;1-3-5-6-7-8-4-2/h15-17,19-20,23H,2-14,18,21H2,1H3,(H,25,26);8H,3-7H2,1-2H3. The van der Waals surface area contributed by atoms with Gasteiger partial charge in [-0.05, 0) is 31.5 Å². The molecule has 198 valence electrons. The van der Waals surface area contributed by atoms with E-state index in [0.29, 0.717) is 0 Å². The van der Waals surface area contributed by atoms with Gasteiger partial charge in [0, 0.05) is 0 Å². The Hall–Kier alpha value is -1.35. The minimum atomic E-state index is -0.689. The quantitative estimate of drug-likeness (QED) is 0.164. The van der Waals surface area contributed by atoms with Gasteiger partial charge < -0.3 is 10.4 Å². The van der Waals surface area contributed by atoms with Gasteiger partial charge in [0.25, 0.3) is 0 Å². The highest BCUT2D eigenvalue weighted by Crippen LogP contribution is 2.23. The van der Waals surface area contributed by atoms with E-state index in [1.807, 2.05) is 30.3 Å². The number of carbonyl (C=O) groups is 1. The Morgan fingerprint density at radius 2 is 1.12 bits per heavy atom. The molecule has 1 atom stereocenters. The average molecular weight is 476 g/mol. The van der Waals surface area contributed by atoms with Crippen molar-refractivity contribution in [2.24, 2.45) is 0 Å². The van der Waals surface area contributed by atoms with E-state index in [0.717, 1.165) is 31.4 Å². The minimum absolute atomic E-state index is 0.339. The minimum Gasteiger partial charge on any atom is -0.481 e. The highest BCUT2D eigenvalue weighted by molar-refractivity contribution is 5.75. The zero-order valence-corrected chi connectivity index (χ0v) is 23.0. The second-order valence-electron chi connectivity index (χ2n) is 9.75. The maximum absolute atomic E-state index is 11.5. The van der Waals surface area contributed by atoms with Crippen LogP contribution in [0.4, 0.5) is 0 Å². The van der Waals surface area contributed by atoms with Gasteiger partial charge in [-0.3, -0.25) is 4.79 Å². The van der Waals surface area contributed by atoms with Crippen LogP contribution in [0, 0.1) is 0 Å². The van der Waals surface area contributed by atoms with Crippen molar-refractivity contribution < 1.29 is 9.90 Å². The molecule has 1 aromatic carbocycles. The molecule has 0 amide bonds. The van der Waals surface area contributed by atoms with Gasteiger partial charge in [-0.2, -0.15) is 0 Å². The fourth-order valence-corrected chi connectivity index (χ4v) is 4.34. The molecule has 0 spiro atoms. The van der Waals surface area contributed by atoms with Crippen molar-refractivity contribution in [1.29, 1.82) is 0 Å². The van der Waals surface area contributed by atoms with Gasteiger partial charge in [-0.25, -0.2) is 0 Å². The lowest BCUT2D eigenvalue weighted by Gasteiger charge is -2.12. The summed E-state index contributed by atoms with van der Waals surface area (Å²) in [5.41, 5.74) is 0.940. The van der Waals surface area contributed by atoms with Gasteiger partial charge in [0.1, 0.15) is 0 Å². The van der Waals surface area contributed by atoms with Crippen LogP contribution in [0.2, 0.25) is 0 Å². The first-order valence-electron chi connectivity index (χ1n) is 14.7. The number of hydrogen-bond acceptors (Lipinski definition) is 2. The molecule has 2 N–H and O–H groups in total. The zero-order valence-electron chi connectivity index (χ0n) is 23.0. The van der Waals surface area contributed by atoms with E-state index >= 15 is 0 Å². The molecule has 34 heavy (non-hydrogen) atoms. The topological polar surface area (TPSA) is 49.3 Å². The third-order valence-corrected chi connectivity index (χ3v) is 6.55. The highest BCUT2D eigenvalue weighted by Gasteiger charge is 2.18. The van der Waals surface area contributed by atoms with Crippen LogP contribution in [0.15, 0.2) is 30.3 Å². The van der Waals surface area contributed by atoms with E-state index in [2.05, 4.69) is 26.1 Å². The van der Waals surface area contributed by atoms with Gasteiger partial charge in [-0.15, -0.1) is 0 Å². The van der Waals surface area contributed by atoms with Crippen molar-refractivity contribution in [3.05, 3.63) is 35.9 Å². The molecular weight excluding hydrogens is 418 g/mol. The van der Waals surface area contributed by atoms with Gasteiger partial charge in [0.15, 0.2) is 0 Å². The van der Waals surface area contributed by atoms with E-state index in [1.54, 1.807) is 0 Å². The van der Waals surface area contributed by atoms with E-state index in [4.69, 9.17) is 0 Å². The molecule has 0 aliphatic heterocycles. The SMILES string of the molecule is CCCCCCCCCCCCCCCCC(C(=O)O)c1ccccc1.CCCCCNCC. The molecule has 0 fully saturated rings. The summed E-state index contributed by atoms with van der Waals surface area (Å²) in [6, 6.07) is 9.66. The lowest BCUT2D eigenvalue weighted by atomic mass is 9.93. The first-order chi connectivity index (χ1) is 16.7. The molecule has 1 aromatic rings. The number of nitrogens with one attached hydrogen (secondary N) is 1. The summed E-state index contributed by atoms with van der Waals surface area (Å²) in [6.45, 7) is 8.96. The fourth-order valence-electron chi connectivity index (χ4n) is 4.34. The summed E-state index contributed by atoms with van der Waals surface area (Å²) < 4.78 is 0. The Labute approximate surface area is 212 Å². The van der Waals surface area contributed by atoms with Gasteiger partial charge in [0.05, 0.1) is 5.92 Å². The largest absolute Gasteiger partial charge is 0.481 e. The molecule has 0 aromatic heterocycles. The van der Waals surface area contributed by atoms with E-state index in [1.165, 1.54) is 103 Å². The van der Waals surface area contributed by atoms with Crippen LogP contribution in [-0.2, 0) is 4.79 Å². The van der Waals surface area contributed by atoms with Crippen LogP contribution in [0.1, 0.15) is 148 Å². The van der Waals surface area contributed by atoms with Crippen molar-refractivity contribution in [3.8, 4) is 0 Å². The first-order valence-corrected chi connectivity index (χ1v) is 14.7. The fraction of sp³-hybridized carbons (Fsp3) is 0.774. The number of hydrogen-bond donors (Lipinski definition) is 2. The zero-order chi connectivity index (χ0) is 25.1. The second-order valence-corrected chi connectivity index (χ2v) is 9.75. The van der Waals surface area contributed by atoms with Crippen molar-refractivity contribution in [2.75, 3.05) is 13.1 Å². The third kappa shape index (κ3) is 21.2. The summed E-state index contributed by atoms with van der Waals surface area (Å²) in [5.74, 6) is -1.03. The number of aliphatic carboxylic acids is 1. The number of unbranched alkanes of at least 4 members (excludes halogenated alkanes) is 15. The van der Waals surface area contributed by atoms with Gasteiger partial charge in [0.2, 0.25) is 0 Å². The van der Waals surface area contributed by atoms with Crippen LogP contribution in [0.25, 0.3) is 0 Å². The van der Waals surface area contributed by atoms with Crippen LogP contribution in [-0.4, -0.2) is 24.2 Å². The smallest absolute Gasteiger partial charge is 0.310 e. The number of carboxylic acids is 1. The molecule has 1 rings (SSSR count). The molecule has 0 heterocycles. The van der Waals surface area contributed by atoms with Crippen molar-refractivity contribution >= 4 is 5.97 Å². The molecular formula is C31H57NO2.